The average molecular weight is 437 g/mol. The number of rotatable bonds is 11. The normalized spacial score (nSPS) is 10.8. The van der Waals surface area contributed by atoms with Crippen molar-refractivity contribution in [2.45, 2.75) is 33.1 Å². The van der Waals surface area contributed by atoms with Gasteiger partial charge in [0.2, 0.25) is 0 Å². The summed E-state index contributed by atoms with van der Waals surface area (Å²) in [5.41, 5.74) is 1.40. The van der Waals surface area contributed by atoms with Gasteiger partial charge in [-0.25, -0.2) is 4.79 Å². The van der Waals surface area contributed by atoms with Crippen LogP contribution >= 0.6 is 0 Å². The quantitative estimate of drug-likeness (QED) is 0.231. The maximum absolute atomic E-state index is 12.5. The molecular formula is C25H28N2O5. The summed E-state index contributed by atoms with van der Waals surface area (Å²) in [6.45, 7) is 4.74. The van der Waals surface area contributed by atoms with Crippen molar-refractivity contribution in [3.05, 3.63) is 59.2 Å². The van der Waals surface area contributed by atoms with Crippen LogP contribution in [0.4, 0.5) is 5.69 Å². The number of carbonyl (C=O) groups excluding carboxylic acids is 2. The highest BCUT2D eigenvalue weighted by molar-refractivity contribution is 6.09. The Labute approximate surface area is 188 Å². The van der Waals surface area contributed by atoms with Crippen LogP contribution in [0, 0.1) is 11.3 Å². The van der Waals surface area contributed by atoms with Gasteiger partial charge < -0.3 is 19.5 Å². The van der Waals surface area contributed by atoms with Gasteiger partial charge in [0.05, 0.1) is 25.9 Å². The van der Waals surface area contributed by atoms with Gasteiger partial charge in [-0.1, -0.05) is 25.8 Å². The van der Waals surface area contributed by atoms with Crippen molar-refractivity contribution < 1.29 is 23.8 Å². The Morgan fingerprint density at radius 3 is 2.44 bits per heavy atom. The molecule has 0 saturated heterocycles. The molecule has 7 heteroatoms. The predicted octanol–water partition coefficient (Wildman–Crippen LogP) is 4.99. The van der Waals surface area contributed by atoms with E-state index in [9.17, 15) is 14.9 Å². The van der Waals surface area contributed by atoms with Gasteiger partial charge in [-0.2, -0.15) is 5.26 Å². The van der Waals surface area contributed by atoms with E-state index in [4.69, 9.17) is 14.2 Å². The molecule has 0 aromatic heterocycles. The van der Waals surface area contributed by atoms with E-state index in [2.05, 4.69) is 12.2 Å². The molecule has 0 radical (unpaired) electrons. The van der Waals surface area contributed by atoms with Gasteiger partial charge in [-0.15, -0.1) is 0 Å². The van der Waals surface area contributed by atoms with E-state index in [1.54, 1.807) is 56.5 Å². The fraction of sp³-hybridized carbons (Fsp3) is 0.320. The van der Waals surface area contributed by atoms with Gasteiger partial charge in [-0.3, -0.25) is 4.79 Å². The number of ether oxygens (including phenoxy) is 3. The molecule has 0 heterocycles. The van der Waals surface area contributed by atoms with E-state index in [0.29, 0.717) is 34.9 Å². The number of unbranched alkanes of at least 4 members (excludes halogenated alkanes) is 2. The molecule has 0 aliphatic carbocycles. The topological polar surface area (TPSA) is 97.7 Å². The number of anilines is 1. The molecule has 1 amide bonds. The summed E-state index contributed by atoms with van der Waals surface area (Å²) in [4.78, 5) is 24.3. The van der Waals surface area contributed by atoms with Crippen LogP contribution in [0.25, 0.3) is 6.08 Å². The average Bonchev–Trinajstić information content (AvgIpc) is 2.81. The molecule has 2 rings (SSSR count). The van der Waals surface area contributed by atoms with E-state index in [0.717, 1.165) is 19.3 Å². The number of nitrogens with zero attached hydrogens (tertiary/aromatic N) is 1. The molecule has 0 spiro atoms. The van der Waals surface area contributed by atoms with Crippen LogP contribution in [0.1, 0.15) is 49.0 Å². The summed E-state index contributed by atoms with van der Waals surface area (Å²) in [6, 6.07) is 13.4. The number of benzene rings is 2. The predicted molar refractivity (Wildman–Crippen MR) is 123 cm³/mol. The molecule has 0 aliphatic heterocycles. The Morgan fingerprint density at radius 1 is 1.06 bits per heavy atom. The van der Waals surface area contributed by atoms with Crippen molar-refractivity contribution in [2.75, 3.05) is 25.6 Å². The minimum Gasteiger partial charge on any atom is -0.493 e. The minimum atomic E-state index is -0.560. The van der Waals surface area contributed by atoms with E-state index < -0.39 is 11.9 Å². The minimum absolute atomic E-state index is 0.0712. The second-order valence-corrected chi connectivity index (χ2v) is 6.89. The number of hydrogen-bond acceptors (Lipinski definition) is 6. The SMILES string of the molecule is CCCCCOc1ccc(/C=C(/C#N)C(=O)Nc2ccc(C(=O)OCC)cc2)cc1OC. The summed E-state index contributed by atoms with van der Waals surface area (Å²) in [6.07, 6.45) is 4.64. The number of esters is 1. The molecule has 0 saturated carbocycles. The zero-order valence-electron chi connectivity index (χ0n) is 18.6. The number of methoxy groups -OCH3 is 1. The molecule has 1 N–H and O–H groups in total. The molecule has 168 valence electrons. The second kappa shape index (κ2) is 12.8. The van der Waals surface area contributed by atoms with Crippen LogP contribution in [-0.4, -0.2) is 32.2 Å². The van der Waals surface area contributed by atoms with E-state index in [-0.39, 0.29) is 12.2 Å². The second-order valence-electron chi connectivity index (χ2n) is 6.89. The van der Waals surface area contributed by atoms with E-state index in [1.807, 2.05) is 6.07 Å². The van der Waals surface area contributed by atoms with Crippen molar-refractivity contribution in [1.29, 1.82) is 5.26 Å². The van der Waals surface area contributed by atoms with E-state index in [1.165, 1.54) is 6.08 Å². The summed E-state index contributed by atoms with van der Waals surface area (Å²) >= 11 is 0. The molecular weight excluding hydrogens is 408 g/mol. The lowest BCUT2D eigenvalue weighted by Gasteiger charge is -2.11. The molecule has 32 heavy (non-hydrogen) atoms. The van der Waals surface area contributed by atoms with Crippen molar-refractivity contribution in [3.63, 3.8) is 0 Å². The molecule has 7 nitrogen and oxygen atoms in total. The first-order chi connectivity index (χ1) is 15.5. The highest BCUT2D eigenvalue weighted by atomic mass is 16.5. The Balaban J connectivity index is 2.10. The van der Waals surface area contributed by atoms with Gasteiger partial charge >= 0.3 is 5.97 Å². The Bertz CT molecular complexity index is 990. The Kier molecular flexibility index (Phi) is 9.79. The number of carbonyl (C=O) groups is 2. The van der Waals surface area contributed by atoms with Gasteiger partial charge in [0.15, 0.2) is 11.5 Å². The lowest BCUT2D eigenvalue weighted by molar-refractivity contribution is -0.112. The molecule has 2 aromatic rings. The van der Waals surface area contributed by atoms with Crippen LogP contribution in [0.15, 0.2) is 48.0 Å². The molecule has 2 aromatic carbocycles. The van der Waals surface area contributed by atoms with Crippen molar-refractivity contribution in [3.8, 4) is 17.6 Å². The number of nitrogens with one attached hydrogen (secondary N) is 1. The maximum atomic E-state index is 12.5. The summed E-state index contributed by atoms with van der Waals surface area (Å²) < 4.78 is 16.1. The summed E-state index contributed by atoms with van der Waals surface area (Å²) in [5, 5.41) is 12.1. The lowest BCUT2D eigenvalue weighted by atomic mass is 10.1. The maximum Gasteiger partial charge on any atom is 0.338 e. The number of hydrogen-bond donors (Lipinski definition) is 1. The third-order valence-electron chi connectivity index (χ3n) is 4.52. The standard InChI is InChI=1S/C25H28N2O5/c1-4-6-7-14-32-22-13-8-18(16-23(22)30-3)15-20(17-26)24(28)27-21-11-9-19(10-12-21)25(29)31-5-2/h8-13,15-16H,4-7,14H2,1-3H3,(H,27,28)/b20-15-. The van der Waals surface area contributed by atoms with Crippen LogP contribution in [0.2, 0.25) is 0 Å². The largest absolute Gasteiger partial charge is 0.493 e. The lowest BCUT2D eigenvalue weighted by Crippen LogP contribution is -2.13. The molecule has 0 unspecified atom stereocenters. The fourth-order valence-electron chi connectivity index (χ4n) is 2.85. The van der Waals surface area contributed by atoms with Crippen molar-refractivity contribution in [1.82, 2.24) is 0 Å². The number of amides is 1. The van der Waals surface area contributed by atoms with Gasteiger partial charge in [0, 0.05) is 5.69 Å². The van der Waals surface area contributed by atoms with Crippen LogP contribution in [-0.2, 0) is 9.53 Å². The highest BCUT2D eigenvalue weighted by Gasteiger charge is 2.12. The van der Waals surface area contributed by atoms with Gasteiger partial charge in [-0.05, 0) is 61.4 Å². The third kappa shape index (κ3) is 7.17. The van der Waals surface area contributed by atoms with Gasteiger partial charge in [0.25, 0.3) is 5.91 Å². The van der Waals surface area contributed by atoms with Crippen molar-refractivity contribution in [2.24, 2.45) is 0 Å². The van der Waals surface area contributed by atoms with E-state index >= 15 is 0 Å². The first kappa shape index (κ1) is 24.5. The third-order valence-corrected chi connectivity index (χ3v) is 4.52. The number of nitriles is 1. The zero-order chi connectivity index (χ0) is 23.3. The summed E-state index contributed by atoms with van der Waals surface area (Å²) in [7, 11) is 1.54. The first-order valence-corrected chi connectivity index (χ1v) is 10.5. The molecule has 0 aliphatic rings. The Hall–Kier alpha value is -3.79. The fourth-order valence-corrected chi connectivity index (χ4v) is 2.85. The first-order valence-electron chi connectivity index (χ1n) is 10.5. The molecule has 0 fully saturated rings. The highest BCUT2D eigenvalue weighted by Crippen LogP contribution is 2.29. The monoisotopic (exact) mass is 436 g/mol. The Morgan fingerprint density at radius 2 is 1.81 bits per heavy atom. The van der Waals surface area contributed by atoms with Crippen LogP contribution in [0.5, 0.6) is 11.5 Å². The van der Waals surface area contributed by atoms with Crippen LogP contribution < -0.4 is 14.8 Å². The molecule has 0 bridgehead atoms. The summed E-state index contributed by atoms with van der Waals surface area (Å²) in [5.74, 6) is 0.151. The molecule has 0 atom stereocenters. The van der Waals surface area contributed by atoms with Crippen LogP contribution in [0.3, 0.4) is 0 Å². The van der Waals surface area contributed by atoms with Crippen molar-refractivity contribution >= 4 is 23.6 Å². The van der Waals surface area contributed by atoms with Gasteiger partial charge in [0.1, 0.15) is 11.6 Å². The smallest absolute Gasteiger partial charge is 0.338 e. The zero-order valence-corrected chi connectivity index (χ0v) is 18.6.